The maximum Gasteiger partial charge on any atom is 0.242 e. The SMILES string of the molecule is CC(C)(O)C1=CNNN1[C@H]1C[C@@H](C(=O)NCCC(N)=O)N(C(=O)[C@H](N)CC2CCCCC2)C1. The minimum absolute atomic E-state index is 0.0280. The van der Waals surface area contributed by atoms with Crippen molar-refractivity contribution in [1.82, 2.24) is 26.2 Å². The smallest absolute Gasteiger partial charge is 0.242 e. The molecule has 0 aromatic carbocycles. The number of nitrogens with zero attached hydrogens (tertiary/aromatic N) is 2. The molecule has 0 spiro atoms. The van der Waals surface area contributed by atoms with Crippen LogP contribution in [0.5, 0.6) is 0 Å². The van der Waals surface area contributed by atoms with Gasteiger partial charge in [0.05, 0.1) is 17.8 Å². The molecule has 0 aromatic heterocycles. The normalized spacial score (nSPS) is 24.9. The minimum atomic E-state index is -1.12. The highest BCUT2D eigenvalue weighted by Gasteiger charge is 2.45. The first-order chi connectivity index (χ1) is 15.6. The Morgan fingerprint density at radius 1 is 1.27 bits per heavy atom. The number of carbonyl (C=O) groups is 3. The summed E-state index contributed by atoms with van der Waals surface area (Å²) in [7, 11) is 0. The first-order valence-corrected chi connectivity index (χ1v) is 11.9. The monoisotopic (exact) mass is 465 g/mol. The number of carbonyl (C=O) groups excluding carboxylic acids is 3. The maximum absolute atomic E-state index is 13.4. The van der Waals surface area contributed by atoms with Crippen LogP contribution in [-0.2, 0) is 14.4 Å². The quantitative estimate of drug-likeness (QED) is 0.257. The van der Waals surface area contributed by atoms with E-state index in [1.165, 1.54) is 19.3 Å². The molecule has 0 radical (unpaired) electrons. The molecule has 11 nitrogen and oxygen atoms in total. The van der Waals surface area contributed by atoms with Crippen LogP contribution in [-0.4, -0.2) is 69.6 Å². The lowest BCUT2D eigenvalue weighted by atomic mass is 9.84. The Kier molecular flexibility index (Phi) is 8.19. The number of nitrogens with one attached hydrogen (secondary N) is 3. The molecule has 1 saturated heterocycles. The fourth-order valence-electron chi connectivity index (χ4n) is 5.07. The van der Waals surface area contributed by atoms with Crippen LogP contribution < -0.4 is 27.7 Å². The van der Waals surface area contributed by atoms with Crippen molar-refractivity contribution in [1.29, 1.82) is 0 Å². The van der Waals surface area contributed by atoms with Crippen molar-refractivity contribution in [3.05, 3.63) is 11.9 Å². The van der Waals surface area contributed by atoms with Crippen molar-refractivity contribution in [2.75, 3.05) is 13.1 Å². The van der Waals surface area contributed by atoms with Gasteiger partial charge in [-0.05, 0) is 26.2 Å². The lowest BCUT2D eigenvalue weighted by Gasteiger charge is -2.33. The summed E-state index contributed by atoms with van der Waals surface area (Å²) < 4.78 is 0. The minimum Gasteiger partial charge on any atom is -0.384 e. The second kappa shape index (κ2) is 10.7. The van der Waals surface area contributed by atoms with Gasteiger partial charge in [-0.25, -0.2) is 0 Å². The van der Waals surface area contributed by atoms with Crippen LogP contribution in [0.15, 0.2) is 11.9 Å². The van der Waals surface area contributed by atoms with Crippen molar-refractivity contribution >= 4 is 17.7 Å². The van der Waals surface area contributed by atoms with Crippen LogP contribution >= 0.6 is 0 Å². The molecule has 33 heavy (non-hydrogen) atoms. The van der Waals surface area contributed by atoms with Gasteiger partial charge in [-0.2, -0.15) is 0 Å². The molecule has 1 saturated carbocycles. The standard InChI is InChI=1S/C22H39N7O4/c1-22(2,33)18-12-26-27-29(18)15-11-17(20(31)25-9-8-19(24)30)28(13-15)21(32)16(23)10-14-6-4-3-5-7-14/h12,14-17,26-27,33H,3-11,13,23H2,1-2H3,(H2,24,30)(H,25,31)/t15-,16+,17-/m0/s1. The van der Waals surface area contributed by atoms with E-state index in [1.54, 1.807) is 30.0 Å². The van der Waals surface area contributed by atoms with Gasteiger partial charge >= 0.3 is 0 Å². The number of hydrazine groups is 2. The molecule has 11 heteroatoms. The van der Waals surface area contributed by atoms with Crippen LogP contribution in [0.1, 0.15) is 65.2 Å². The lowest BCUT2D eigenvalue weighted by Crippen LogP contribution is -2.52. The van der Waals surface area contributed by atoms with Gasteiger partial charge < -0.3 is 32.2 Å². The number of likely N-dealkylation sites (tertiary alicyclic amines) is 1. The van der Waals surface area contributed by atoms with Gasteiger partial charge in [0, 0.05) is 32.1 Å². The lowest BCUT2D eigenvalue weighted by molar-refractivity contribution is -0.139. The Labute approximate surface area is 195 Å². The Morgan fingerprint density at radius 3 is 2.61 bits per heavy atom. The number of hydrogen-bond acceptors (Lipinski definition) is 8. The molecule has 0 bridgehead atoms. The number of rotatable bonds is 9. The fraction of sp³-hybridized carbons (Fsp3) is 0.773. The highest BCUT2D eigenvalue weighted by Crippen LogP contribution is 2.31. The van der Waals surface area contributed by atoms with Crippen LogP contribution in [0.3, 0.4) is 0 Å². The number of amides is 3. The molecular weight excluding hydrogens is 426 g/mol. The fourth-order valence-corrected chi connectivity index (χ4v) is 5.07. The molecule has 3 aliphatic rings. The zero-order chi connectivity index (χ0) is 24.2. The Balaban J connectivity index is 1.72. The molecular formula is C22H39N7O4. The predicted octanol–water partition coefficient (Wildman–Crippen LogP) is -0.818. The summed E-state index contributed by atoms with van der Waals surface area (Å²) in [5.74, 6) is -0.639. The van der Waals surface area contributed by atoms with Gasteiger partial charge in [0.1, 0.15) is 11.6 Å². The van der Waals surface area contributed by atoms with Crippen molar-refractivity contribution < 1.29 is 19.5 Å². The van der Waals surface area contributed by atoms with E-state index in [4.69, 9.17) is 11.5 Å². The summed E-state index contributed by atoms with van der Waals surface area (Å²) in [5.41, 5.74) is 16.9. The van der Waals surface area contributed by atoms with E-state index in [2.05, 4.69) is 16.3 Å². The predicted molar refractivity (Wildman–Crippen MR) is 122 cm³/mol. The summed E-state index contributed by atoms with van der Waals surface area (Å²) in [6.45, 7) is 3.75. The molecule has 2 heterocycles. The van der Waals surface area contributed by atoms with Gasteiger partial charge in [-0.3, -0.25) is 19.4 Å². The molecule has 2 fully saturated rings. The van der Waals surface area contributed by atoms with E-state index in [-0.39, 0.29) is 37.4 Å². The van der Waals surface area contributed by atoms with Crippen LogP contribution in [0.2, 0.25) is 0 Å². The Bertz CT molecular complexity index is 760. The molecule has 3 amide bonds. The van der Waals surface area contributed by atoms with Gasteiger partial charge in [-0.1, -0.05) is 32.1 Å². The molecule has 186 valence electrons. The van der Waals surface area contributed by atoms with E-state index in [1.807, 2.05) is 0 Å². The molecule has 3 rings (SSSR count). The Hall–Kier alpha value is -2.37. The highest BCUT2D eigenvalue weighted by molar-refractivity contribution is 5.90. The number of nitrogens with two attached hydrogens (primary N) is 2. The van der Waals surface area contributed by atoms with E-state index >= 15 is 0 Å². The van der Waals surface area contributed by atoms with E-state index < -0.39 is 23.6 Å². The highest BCUT2D eigenvalue weighted by atomic mass is 16.3. The van der Waals surface area contributed by atoms with Gasteiger partial charge in [-0.15, -0.1) is 5.53 Å². The molecule has 0 unspecified atom stereocenters. The van der Waals surface area contributed by atoms with Crippen molar-refractivity contribution in [2.45, 2.75) is 88.9 Å². The van der Waals surface area contributed by atoms with Crippen molar-refractivity contribution in [3.63, 3.8) is 0 Å². The summed E-state index contributed by atoms with van der Waals surface area (Å²) in [5, 5.41) is 15.0. The zero-order valence-corrected chi connectivity index (χ0v) is 19.7. The van der Waals surface area contributed by atoms with E-state index in [9.17, 15) is 19.5 Å². The number of hydrogen-bond donors (Lipinski definition) is 6. The molecule has 2 aliphatic heterocycles. The molecule has 1 aliphatic carbocycles. The van der Waals surface area contributed by atoms with Gasteiger partial charge in [0.25, 0.3) is 0 Å². The zero-order valence-electron chi connectivity index (χ0n) is 19.7. The average Bonchev–Trinajstić information content (AvgIpc) is 3.40. The summed E-state index contributed by atoms with van der Waals surface area (Å²) >= 11 is 0. The average molecular weight is 466 g/mol. The number of aliphatic hydroxyl groups is 1. The van der Waals surface area contributed by atoms with E-state index in [0.29, 0.717) is 24.5 Å². The second-order valence-corrected chi connectivity index (χ2v) is 9.96. The van der Waals surface area contributed by atoms with E-state index in [0.717, 1.165) is 12.8 Å². The van der Waals surface area contributed by atoms with Crippen molar-refractivity contribution in [3.8, 4) is 0 Å². The van der Waals surface area contributed by atoms with Crippen molar-refractivity contribution in [2.24, 2.45) is 17.4 Å². The first-order valence-electron chi connectivity index (χ1n) is 11.9. The third-order valence-electron chi connectivity index (χ3n) is 6.81. The maximum atomic E-state index is 13.4. The third-order valence-corrected chi connectivity index (χ3v) is 6.81. The van der Waals surface area contributed by atoms with Crippen LogP contribution in [0.4, 0.5) is 0 Å². The second-order valence-electron chi connectivity index (χ2n) is 9.96. The number of primary amides is 1. The third kappa shape index (κ3) is 6.36. The van der Waals surface area contributed by atoms with Crippen LogP contribution in [0.25, 0.3) is 0 Å². The van der Waals surface area contributed by atoms with Crippen LogP contribution in [0, 0.1) is 5.92 Å². The summed E-state index contributed by atoms with van der Waals surface area (Å²) in [4.78, 5) is 39.0. The summed E-state index contributed by atoms with van der Waals surface area (Å²) in [6.07, 6.45) is 8.41. The first kappa shape index (κ1) is 25.3. The Morgan fingerprint density at radius 2 is 1.97 bits per heavy atom. The molecule has 3 atom stereocenters. The largest absolute Gasteiger partial charge is 0.384 e. The van der Waals surface area contributed by atoms with Gasteiger partial charge in [0.2, 0.25) is 17.7 Å². The summed E-state index contributed by atoms with van der Waals surface area (Å²) in [6, 6.07) is -1.64. The molecule has 0 aromatic rings. The van der Waals surface area contributed by atoms with Gasteiger partial charge in [0.15, 0.2) is 0 Å². The molecule has 8 N–H and O–H groups in total. The topological polar surface area (TPSA) is 166 Å².